The molecule has 0 spiro atoms. The Labute approximate surface area is 140 Å². The lowest BCUT2D eigenvalue weighted by Crippen LogP contribution is -2.24. The van der Waals surface area contributed by atoms with Crippen molar-refractivity contribution >= 4 is 0 Å². The summed E-state index contributed by atoms with van der Waals surface area (Å²) in [5, 5.41) is 0. The second-order valence-electron chi connectivity index (χ2n) is 6.52. The Morgan fingerprint density at radius 1 is 1.00 bits per heavy atom. The van der Waals surface area contributed by atoms with Gasteiger partial charge in [-0.15, -0.1) is 0 Å². The van der Waals surface area contributed by atoms with E-state index in [2.05, 4.69) is 6.08 Å². The van der Waals surface area contributed by atoms with Gasteiger partial charge in [-0.2, -0.15) is 13.2 Å². The zero-order valence-corrected chi connectivity index (χ0v) is 13.6. The van der Waals surface area contributed by atoms with E-state index in [1.165, 1.54) is 17.7 Å². The zero-order valence-electron chi connectivity index (χ0n) is 13.6. The van der Waals surface area contributed by atoms with Gasteiger partial charge < -0.3 is 9.47 Å². The molecule has 0 unspecified atom stereocenters. The van der Waals surface area contributed by atoms with Crippen LogP contribution in [0.15, 0.2) is 35.9 Å². The number of benzene rings is 1. The Bertz CT molecular complexity index is 547. The third-order valence-corrected chi connectivity index (χ3v) is 4.83. The van der Waals surface area contributed by atoms with E-state index in [0.29, 0.717) is 5.92 Å². The second-order valence-corrected chi connectivity index (χ2v) is 6.52. The quantitative estimate of drug-likeness (QED) is 0.682. The molecule has 0 atom stereocenters. The smallest absolute Gasteiger partial charge is 0.352 e. The van der Waals surface area contributed by atoms with Crippen molar-refractivity contribution < 1.29 is 22.6 Å². The minimum atomic E-state index is -4.26. The van der Waals surface area contributed by atoms with Crippen LogP contribution in [0.1, 0.15) is 55.6 Å². The van der Waals surface area contributed by atoms with Crippen molar-refractivity contribution in [1.82, 2.24) is 0 Å². The topological polar surface area (TPSA) is 18.5 Å². The van der Waals surface area contributed by atoms with Crippen molar-refractivity contribution in [2.75, 3.05) is 13.2 Å². The Morgan fingerprint density at radius 3 is 2.21 bits per heavy atom. The van der Waals surface area contributed by atoms with Gasteiger partial charge in [-0.3, -0.25) is 0 Å². The van der Waals surface area contributed by atoms with Gasteiger partial charge in [0.25, 0.3) is 0 Å². The van der Waals surface area contributed by atoms with E-state index in [1.807, 2.05) is 0 Å². The highest BCUT2D eigenvalue weighted by atomic mass is 19.4. The lowest BCUT2D eigenvalue weighted by Gasteiger charge is -2.26. The summed E-state index contributed by atoms with van der Waals surface area (Å²) < 4.78 is 48.9. The van der Waals surface area contributed by atoms with Crippen LogP contribution in [0, 0.1) is 0 Å². The van der Waals surface area contributed by atoms with E-state index in [0.717, 1.165) is 57.3 Å². The van der Waals surface area contributed by atoms with Crippen LogP contribution in [-0.2, 0) is 15.7 Å². The van der Waals surface area contributed by atoms with Gasteiger partial charge >= 0.3 is 6.18 Å². The molecule has 24 heavy (non-hydrogen) atoms. The molecule has 1 aromatic carbocycles. The monoisotopic (exact) mass is 340 g/mol. The summed E-state index contributed by atoms with van der Waals surface area (Å²) in [7, 11) is 0. The highest BCUT2D eigenvalue weighted by molar-refractivity contribution is 5.28. The molecule has 0 radical (unpaired) electrons. The fraction of sp³-hybridized carbons (Fsp3) is 0.579. The third kappa shape index (κ3) is 4.61. The first-order valence-corrected chi connectivity index (χ1v) is 8.60. The predicted octanol–water partition coefficient (Wildman–Crippen LogP) is 5.44. The summed E-state index contributed by atoms with van der Waals surface area (Å²) in [6.45, 7) is 1.54. The number of hydrogen-bond donors (Lipinski definition) is 0. The first-order chi connectivity index (χ1) is 11.5. The van der Waals surface area contributed by atoms with Crippen molar-refractivity contribution in [2.24, 2.45) is 0 Å². The van der Waals surface area contributed by atoms with E-state index < -0.39 is 11.7 Å². The van der Waals surface area contributed by atoms with Crippen LogP contribution in [0.25, 0.3) is 0 Å². The van der Waals surface area contributed by atoms with Crippen molar-refractivity contribution in [3.8, 4) is 0 Å². The largest absolute Gasteiger partial charge is 0.416 e. The Balaban J connectivity index is 1.51. The summed E-state index contributed by atoms with van der Waals surface area (Å²) in [6, 6.07) is 5.65. The first-order valence-electron chi connectivity index (χ1n) is 8.60. The van der Waals surface area contributed by atoms with Crippen LogP contribution < -0.4 is 0 Å². The molecule has 132 valence electrons. The molecule has 1 saturated carbocycles. The van der Waals surface area contributed by atoms with Gasteiger partial charge in [-0.1, -0.05) is 23.8 Å². The van der Waals surface area contributed by atoms with E-state index in [1.54, 1.807) is 12.1 Å². The molecule has 1 aliphatic carbocycles. The van der Waals surface area contributed by atoms with Gasteiger partial charge in [0.2, 0.25) is 0 Å². The van der Waals surface area contributed by atoms with E-state index in [4.69, 9.17) is 9.47 Å². The van der Waals surface area contributed by atoms with E-state index >= 15 is 0 Å². The summed E-state index contributed by atoms with van der Waals surface area (Å²) in [6.07, 6.45) is 3.58. The molecular formula is C19H23F3O2. The minimum absolute atomic E-state index is 0.112. The average Bonchev–Trinajstić information content (AvgIpc) is 2.61. The number of alkyl halides is 3. The van der Waals surface area contributed by atoms with Crippen LogP contribution >= 0.6 is 0 Å². The van der Waals surface area contributed by atoms with Crippen LogP contribution in [0.2, 0.25) is 0 Å². The lowest BCUT2D eigenvalue weighted by molar-refractivity contribution is -0.175. The Kier molecular flexibility index (Phi) is 5.61. The summed E-state index contributed by atoms with van der Waals surface area (Å²) >= 11 is 0. The Morgan fingerprint density at radius 2 is 1.62 bits per heavy atom. The van der Waals surface area contributed by atoms with Crippen LogP contribution in [0.5, 0.6) is 0 Å². The van der Waals surface area contributed by atoms with E-state index in [-0.39, 0.29) is 6.29 Å². The minimum Gasteiger partial charge on any atom is -0.352 e. The predicted molar refractivity (Wildman–Crippen MR) is 85.7 cm³/mol. The standard InChI is InChI=1S/C19H23F3O2/c20-19(21,22)17-9-7-16(8-10-17)15-5-2-14(3-6-15)4-11-18-23-12-1-13-24-18/h4,7-10,15,18H,1-3,5-6,11-13H2. The number of rotatable bonds is 3. The SMILES string of the molecule is FC(F)(F)c1ccc(C2CCC(=CCC3OCCCO3)CC2)cc1. The Hall–Kier alpha value is -1.33. The van der Waals surface area contributed by atoms with Gasteiger partial charge in [0.1, 0.15) is 0 Å². The number of halogens is 3. The summed E-state index contributed by atoms with van der Waals surface area (Å²) in [5.74, 6) is 0.353. The van der Waals surface area contributed by atoms with E-state index in [9.17, 15) is 13.2 Å². The maximum absolute atomic E-state index is 12.6. The van der Waals surface area contributed by atoms with Crippen molar-refractivity contribution in [3.63, 3.8) is 0 Å². The molecular weight excluding hydrogens is 317 g/mol. The lowest BCUT2D eigenvalue weighted by atomic mass is 9.81. The molecule has 2 aliphatic rings. The average molecular weight is 340 g/mol. The number of hydrogen-bond acceptors (Lipinski definition) is 2. The second kappa shape index (κ2) is 7.70. The summed E-state index contributed by atoms with van der Waals surface area (Å²) in [5.41, 5.74) is 1.85. The molecule has 1 heterocycles. The highest BCUT2D eigenvalue weighted by Crippen LogP contribution is 2.37. The van der Waals surface area contributed by atoms with Crippen molar-refractivity contribution in [2.45, 2.75) is 56.9 Å². The fourth-order valence-corrected chi connectivity index (χ4v) is 3.41. The molecule has 0 aromatic heterocycles. The molecule has 0 bridgehead atoms. The van der Waals surface area contributed by atoms with Gasteiger partial charge in [0.15, 0.2) is 6.29 Å². The van der Waals surface area contributed by atoms with Crippen LogP contribution in [-0.4, -0.2) is 19.5 Å². The van der Waals surface area contributed by atoms with Crippen LogP contribution in [0.3, 0.4) is 0 Å². The molecule has 2 fully saturated rings. The molecule has 5 heteroatoms. The maximum atomic E-state index is 12.6. The van der Waals surface area contributed by atoms with Gasteiger partial charge in [-0.05, 0) is 55.7 Å². The normalized spacial score (nSPS) is 23.3. The molecule has 0 N–H and O–H groups in total. The van der Waals surface area contributed by atoms with Gasteiger partial charge in [0, 0.05) is 6.42 Å². The van der Waals surface area contributed by atoms with Crippen molar-refractivity contribution in [3.05, 3.63) is 47.0 Å². The molecule has 2 nitrogen and oxygen atoms in total. The molecule has 3 rings (SSSR count). The molecule has 0 amide bonds. The maximum Gasteiger partial charge on any atom is 0.416 e. The number of allylic oxidation sites excluding steroid dienone is 1. The molecule has 1 saturated heterocycles. The van der Waals surface area contributed by atoms with Gasteiger partial charge in [-0.25, -0.2) is 0 Å². The zero-order chi connectivity index (χ0) is 17.0. The highest BCUT2D eigenvalue weighted by Gasteiger charge is 2.30. The summed E-state index contributed by atoms with van der Waals surface area (Å²) in [4.78, 5) is 0. The molecule has 1 aliphatic heterocycles. The van der Waals surface area contributed by atoms with Crippen LogP contribution in [0.4, 0.5) is 13.2 Å². The fourth-order valence-electron chi connectivity index (χ4n) is 3.41. The third-order valence-electron chi connectivity index (χ3n) is 4.83. The van der Waals surface area contributed by atoms with Gasteiger partial charge in [0.05, 0.1) is 18.8 Å². The first kappa shape index (κ1) is 17.5. The molecule has 1 aromatic rings. The van der Waals surface area contributed by atoms with Crippen molar-refractivity contribution in [1.29, 1.82) is 0 Å². The number of ether oxygens (including phenoxy) is 2.